The number of thiophene rings is 1. The predicted molar refractivity (Wildman–Crippen MR) is 89.4 cm³/mol. The quantitative estimate of drug-likeness (QED) is 0.726. The molecule has 2 saturated heterocycles. The Morgan fingerprint density at radius 1 is 1.48 bits per heavy atom. The Balaban J connectivity index is 1.52. The van der Waals surface area contributed by atoms with E-state index in [2.05, 4.69) is 27.5 Å². The normalized spacial score (nSPS) is 25.3. The van der Waals surface area contributed by atoms with E-state index in [1.165, 1.54) is 17.8 Å². The van der Waals surface area contributed by atoms with Crippen LogP contribution in [-0.4, -0.2) is 40.7 Å². The summed E-state index contributed by atoms with van der Waals surface area (Å²) in [6.07, 6.45) is 5.09. The van der Waals surface area contributed by atoms with Crippen LogP contribution in [0, 0.1) is 11.8 Å². The van der Waals surface area contributed by atoms with Crippen LogP contribution in [0.5, 0.6) is 0 Å². The van der Waals surface area contributed by atoms with E-state index in [1.54, 1.807) is 6.20 Å². The van der Waals surface area contributed by atoms with Crippen molar-refractivity contribution in [3.8, 4) is 11.8 Å². The van der Waals surface area contributed by atoms with Gasteiger partial charge < -0.3 is 15.7 Å². The minimum absolute atomic E-state index is 0.111. The minimum Gasteiger partial charge on any atom is -0.384 e. The van der Waals surface area contributed by atoms with E-state index in [9.17, 15) is 4.79 Å². The van der Waals surface area contributed by atoms with Crippen LogP contribution in [0.15, 0.2) is 18.3 Å². The number of rotatable bonds is 2. The van der Waals surface area contributed by atoms with Gasteiger partial charge in [0.05, 0.1) is 9.58 Å². The molecule has 4 rings (SSSR count). The number of pyridine rings is 1. The van der Waals surface area contributed by atoms with Crippen molar-refractivity contribution in [3.63, 3.8) is 0 Å². The third-order valence-electron chi connectivity index (χ3n) is 4.54. The van der Waals surface area contributed by atoms with Crippen LogP contribution in [0.3, 0.4) is 0 Å². The maximum absolute atomic E-state index is 12.4. The van der Waals surface area contributed by atoms with Crippen LogP contribution < -0.4 is 10.6 Å². The molecule has 2 aliphatic heterocycles. The van der Waals surface area contributed by atoms with Gasteiger partial charge in [0.2, 0.25) is 0 Å². The molecule has 23 heavy (non-hydrogen) atoms. The summed E-state index contributed by atoms with van der Waals surface area (Å²) in [5.74, 6) is 5.42. The van der Waals surface area contributed by atoms with E-state index in [0.717, 1.165) is 27.8 Å². The Kier molecular flexibility index (Phi) is 3.77. The zero-order chi connectivity index (χ0) is 15.8. The molecule has 2 aliphatic rings. The lowest BCUT2D eigenvalue weighted by atomic mass is 9.95. The van der Waals surface area contributed by atoms with Crippen LogP contribution in [0.25, 0.3) is 10.1 Å². The summed E-state index contributed by atoms with van der Waals surface area (Å²) in [5.41, 5.74) is 0.444. The molecular weight excluding hydrogens is 310 g/mol. The van der Waals surface area contributed by atoms with Crippen molar-refractivity contribution in [3.05, 3.63) is 28.9 Å². The molecule has 0 saturated carbocycles. The van der Waals surface area contributed by atoms with Gasteiger partial charge in [-0.25, -0.2) is 4.98 Å². The molecule has 4 heterocycles. The Morgan fingerprint density at radius 3 is 3.13 bits per heavy atom. The lowest BCUT2D eigenvalue weighted by Gasteiger charge is -2.21. The molecule has 5 nitrogen and oxygen atoms in total. The van der Waals surface area contributed by atoms with Crippen molar-refractivity contribution >= 4 is 27.3 Å². The first-order valence-electron chi connectivity index (χ1n) is 7.79. The van der Waals surface area contributed by atoms with Crippen molar-refractivity contribution in [2.45, 2.75) is 37.4 Å². The fourth-order valence-corrected chi connectivity index (χ4v) is 4.37. The van der Waals surface area contributed by atoms with Gasteiger partial charge >= 0.3 is 0 Å². The highest BCUT2D eigenvalue weighted by atomic mass is 32.1. The average Bonchev–Trinajstić information content (AvgIpc) is 3.26. The molecule has 3 N–H and O–H groups in total. The molecule has 2 aromatic rings. The molecule has 0 unspecified atom stereocenters. The Morgan fingerprint density at radius 2 is 2.39 bits per heavy atom. The van der Waals surface area contributed by atoms with Gasteiger partial charge in [-0.15, -0.1) is 11.3 Å². The molecule has 118 valence electrons. The zero-order valence-corrected chi connectivity index (χ0v) is 13.3. The first-order chi connectivity index (χ1) is 11.2. The number of amides is 1. The summed E-state index contributed by atoms with van der Waals surface area (Å²) in [5, 5.41) is 16.4. The summed E-state index contributed by atoms with van der Waals surface area (Å²) in [4.78, 5) is 17.6. The number of carbonyl (C=O) groups excluding carboxylic acids is 1. The molecule has 0 aliphatic carbocycles. The fraction of sp³-hybridized carbons (Fsp3) is 0.412. The van der Waals surface area contributed by atoms with E-state index in [-0.39, 0.29) is 18.6 Å². The molecule has 0 aromatic carbocycles. The molecule has 2 aromatic heterocycles. The number of fused-ring (bicyclic) bond motifs is 3. The number of nitrogens with one attached hydrogen (secondary N) is 2. The summed E-state index contributed by atoms with van der Waals surface area (Å²) in [6, 6.07) is 4.93. The third kappa shape index (κ3) is 2.83. The lowest BCUT2D eigenvalue weighted by molar-refractivity contribution is 0.0926. The number of aromatic nitrogens is 1. The second-order valence-electron chi connectivity index (χ2n) is 6.04. The van der Waals surface area contributed by atoms with E-state index >= 15 is 0 Å². The SMILES string of the molecule is O=C(N[C@@H]1C[C@H]2CC[C@@H]1N2)c1cc2cc(C#CCO)sc2cn1. The van der Waals surface area contributed by atoms with Gasteiger partial charge in [-0.05, 0) is 36.8 Å². The highest BCUT2D eigenvalue weighted by Crippen LogP contribution is 2.29. The van der Waals surface area contributed by atoms with E-state index in [1.807, 2.05) is 12.1 Å². The second kappa shape index (κ2) is 5.93. The largest absolute Gasteiger partial charge is 0.384 e. The van der Waals surface area contributed by atoms with Crippen LogP contribution in [0.2, 0.25) is 0 Å². The highest BCUT2D eigenvalue weighted by Gasteiger charge is 2.39. The molecule has 2 bridgehead atoms. The van der Waals surface area contributed by atoms with Crippen LogP contribution in [0.1, 0.15) is 34.6 Å². The molecule has 2 fully saturated rings. The maximum atomic E-state index is 12.4. The van der Waals surface area contributed by atoms with E-state index in [4.69, 9.17) is 5.11 Å². The number of hydrogen-bond donors (Lipinski definition) is 3. The van der Waals surface area contributed by atoms with Gasteiger partial charge in [-0.3, -0.25) is 4.79 Å². The molecule has 0 spiro atoms. The van der Waals surface area contributed by atoms with Gasteiger partial charge in [0, 0.05) is 24.3 Å². The van der Waals surface area contributed by atoms with Crippen LogP contribution in [0.4, 0.5) is 0 Å². The van der Waals surface area contributed by atoms with Crippen molar-refractivity contribution in [2.75, 3.05) is 6.61 Å². The minimum atomic E-state index is -0.155. The Bertz CT molecular complexity index is 820. The smallest absolute Gasteiger partial charge is 0.270 e. The van der Waals surface area contributed by atoms with E-state index in [0.29, 0.717) is 17.8 Å². The third-order valence-corrected chi connectivity index (χ3v) is 5.54. The summed E-state index contributed by atoms with van der Waals surface area (Å²) < 4.78 is 0.991. The molecule has 6 heteroatoms. The first-order valence-corrected chi connectivity index (χ1v) is 8.61. The predicted octanol–water partition coefficient (Wildman–Crippen LogP) is 1.26. The second-order valence-corrected chi connectivity index (χ2v) is 7.12. The number of aliphatic hydroxyl groups is 1. The van der Waals surface area contributed by atoms with Crippen molar-refractivity contribution in [1.29, 1.82) is 0 Å². The molecule has 3 atom stereocenters. The highest BCUT2D eigenvalue weighted by molar-refractivity contribution is 7.19. The monoisotopic (exact) mass is 327 g/mol. The number of aliphatic hydroxyl groups excluding tert-OH is 1. The topological polar surface area (TPSA) is 74.2 Å². The Labute approximate surface area is 138 Å². The van der Waals surface area contributed by atoms with Gasteiger partial charge in [0.15, 0.2) is 0 Å². The summed E-state index contributed by atoms with van der Waals surface area (Å²) >= 11 is 1.51. The van der Waals surface area contributed by atoms with Crippen LogP contribution in [-0.2, 0) is 0 Å². The summed E-state index contributed by atoms with van der Waals surface area (Å²) in [7, 11) is 0. The van der Waals surface area contributed by atoms with Gasteiger partial charge in [0.25, 0.3) is 5.91 Å². The number of carbonyl (C=O) groups is 1. The van der Waals surface area contributed by atoms with Gasteiger partial charge in [-0.2, -0.15) is 0 Å². The van der Waals surface area contributed by atoms with Crippen molar-refractivity contribution in [2.24, 2.45) is 0 Å². The fourth-order valence-electron chi connectivity index (χ4n) is 3.48. The Hall–Kier alpha value is -1.94. The van der Waals surface area contributed by atoms with Crippen LogP contribution >= 0.6 is 11.3 Å². The van der Waals surface area contributed by atoms with Gasteiger partial charge in [0.1, 0.15) is 12.3 Å². The number of nitrogens with zero attached hydrogens (tertiary/aromatic N) is 1. The van der Waals surface area contributed by atoms with Gasteiger partial charge in [-0.1, -0.05) is 11.8 Å². The maximum Gasteiger partial charge on any atom is 0.270 e. The molecule has 1 amide bonds. The number of hydrogen-bond acceptors (Lipinski definition) is 5. The molecular formula is C17H17N3O2S. The summed E-state index contributed by atoms with van der Waals surface area (Å²) in [6.45, 7) is -0.155. The average molecular weight is 327 g/mol. The van der Waals surface area contributed by atoms with Crippen molar-refractivity contribution < 1.29 is 9.90 Å². The molecule has 0 radical (unpaired) electrons. The first kappa shape index (κ1) is 14.6. The zero-order valence-electron chi connectivity index (χ0n) is 12.5. The lowest BCUT2D eigenvalue weighted by Crippen LogP contribution is -2.43. The standard InChI is InChI=1S/C17H17N3O2S/c21-5-1-2-12-6-10-7-15(18-9-16(10)23-12)17(22)20-14-8-11-3-4-13(14)19-11/h6-7,9,11,13-14,19,21H,3-5,8H2,(H,20,22)/t11-,13+,14-/m1/s1. The van der Waals surface area contributed by atoms with Crippen molar-refractivity contribution in [1.82, 2.24) is 15.6 Å². The van der Waals surface area contributed by atoms with E-state index < -0.39 is 0 Å².